The summed E-state index contributed by atoms with van der Waals surface area (Å²) in [6, 6.07) is 9.05. The first-order valence-electron chi connectivity index (χ1n) is 10.5. The van der Waals surface area contributed by atoms with Gasteiger partial charge in [-0.1, -0.05) is 42.7 Å². The van der Waals surface area contributed by atoms with Crippen LogP contribution in [0.1, 0.15) is 43.2 Å². The highest BCUT2D eigenvalue weighted by Crippen LogP contribution is 2.27. The average molecular weight is 531 g/mol. The maximum Gasteiger partial charge on any atom is 0.225 e. The molecule has 3 rings (SSSR count). The van der Waals surface area contributed by atoms with Gasteiger partial charge >= 0.3 is 0 Å². The Morgan fingerprint density at radius 1 is 1.21 bits per heavy atom. The lowest BCUT2D eigenvalue weighted by Gasteiger charge is -2.21. The summed E-state index contributed by atoms with van der Waals surface area (Å²) in [5.41, 5.74) is 2.68. The minimum absolute atomic E-state index is 0. The van der Waals surface area contributed by atoms with Gasteiger partial charge in [-0.15, -0.1) is 24.0 Å². The number of hydrogen-bond donors (Lipinski definition) is 2. The number of benzene rings is 1. The summed E-state index contributed by atoms with van der Waals surface area (Å²) in [5.74, 6) is 3.57. The summed E-state index contributed by atoms with van der Waals surface area (Å²) in [6.45, 7) is 4.68. The Morgan fingerprint density at radius 3 is 2.62 bits per heavy atom. The summed E-state index contributed by atoms with van der Waals surface area (Å²) in [5, 5.41) is 6.90. The Bertz CT molecular complexity index is 661. The van der Waals surface area contributed by atoms with E-state index in [-0.39, 0.29) is 29.9 Å². The van der Waals surface area contributed by atoms with Crippen LogP contribution in [0.25, 0.3) is 0 Å². The van der Waals surface area contributed by atoms with Gasteiger partial charge in [0.25, 0.3) is 0 Å². The summed E-state index contributed by atoms with van der Waals surface area (Å²) < 4.78 is 0. The van der Waals surface area contributed by atoms with Gasteiger partial charge in [0, 0.05) is 50.1 Å². The van der Waals surface area contributed by atoms with Crippen molar-refractivity contribution < 1.29 is 4.79 Å². The number of guanidine groups is 1. The first-order valence-corrected chi connectivity index (χ1v) is 11.7. The van der Waals surface area contributed by atoms with Gasteiger partial charge in [-0.05, 0) is 31.7 Å². The van der Waals surface area contributed by atoms with E-state index in [1.165, 1.54) is 24.0 Å². The van der Waals surface area contributed by atoms with E-state index < -0.39 is 0 Å². The Labute approximate surface area is 196 Å². The third kappa shape index (κ3) is 7.66. The fourth-order valence-electron chi connectivity index (χ4n) is 4.01. The zero-order valence-corrected chi connectivity index (χ0v) is 20.8. The quantitative estimate of drug-likeness (QED) is 0.244. The van der Waals surface area contributed by atoms with Crippen LogP contribution >= 0.6 is 35.7 Å². The molecule has 0 aromatic heterocycles. The van der Waals surface area contributed by atoms with Crippen molar-refractivity contribution in [1.29, 1.82) is 0 Å². The largest absolute Gasteiger partial charge is 0.356 e. The molecule has 1 unspecified atom stereocenters. The third-order valence-electron chi connectivity index (χ3n) is 5.70. The molecule has 0 bridgehead atoms. The van der Waals surface area contributed by atoms with Gasteiger partial charge in [-0.25, -0.2) is 0 Å². The van der Waals surface area contributed by atoms with Crippen LogP contribution in [0.5, 0.6) is 0 Å². The number of carbonyl (C=O) groups is 1. The molecule has 0 radical (unpaired) electrons. The van der Waals surface area contributed by atoms with Crippen LogP contribution in [0.15, 0.2) is 29.3 Å². The van der Waals surface area contributed by atoms with Gasteiger partial charge in [0.05, 0.1) is 0 Å². The number of likely N-dealkylation sites (tertiary alicyclic amines) is 1. The molecule has 1 saturated carbocycles. The second-order valence-electron chi connectivity index (χ2n) is 7.93. The van der Waals surface area contributed by atoms with Crippen molar-refractivity contribution in [1.82, 2.24) is 15.5 Å². The van der Waals surface area contributed by atoms with E-state index in [0.29, 0.717) is 11.9 Å². The van der Waals surface area contributed by atoms with E-state index in [2.05, 4.69) is 51.7 Å². The SMILES string of the molecule is CN=C(NCCSCc1ccc(C)cc1)NC1CCN(C(=O)C2CCCC2)C1.I. The van der Waals surface area contributed by atoms with Crippen molar-refractivity contribution in [2.45, 2.75) is 50.8 Å². The van der Waals surface area contributed by atoms with Crippen molar-refractivity contribution in [3.63, 3.8) is 0 Å². The Kier molecular flexibility index (Phi) is 10.6. The molecular weight excluding hydrogens is 495 g/mol. The van der Waals surface area contributed by atoms with Crippen molar-refractivity contribution in [3.8, 4) is 0 Å². The van der Waals surface area contributed by atoms with Gasteiger partial charge in [0.2, 0.25) is 5.91 Å². The van der Waals surface area contributed by atoms with Crippen molar-refractivity contribution in [3.05, 3.63) is 35.4 Å². The first kappa shape index (κ1) is 24.3. The second kappa shape index (κ2) is 12.7. The number of aryl methyl sites for hydroxylation is 1. The lowest BCUT2D eigenvalue weighted by molar-refractivity contribution is -0.134. The van der Waals surface area contributed by atoms with Crippen LogP contribution < -0.4 is 10.6 Å². The van der Waals surface area contributed by atoms with Crippen LogP contribution in [0, 0.1) is 12.8 Å². The number of rotatable bonds is 7. The van der Waals surface area contributed by atoms with Gasteiger partial charge in [0.15, 0.2) is 5.96 Å². The lowest BCUT2D eigenvalue weighted by Crippen LogP contribution is -2.46. The van der Waals surface area contributed by atoms with E-state index in [4.69, 9.17) is 0 Å². The van der Waals surface area contributed by atoms with Crippen molar-refractivity contribution in [2.75, 3.05) is 32.4 Å². The second-order valence-corrected chi connectivity index (χ2v) is 9.04. The maximum atomic E-state index is 12.6. The minimum Gasteiger partial charge on any atom is -0.356 e. The van der Waals surface area contributed by atoms with Crippen LogP contribution in [-0.2, 0) is 10.5 Å². The zero-order chi connectivity index (χ0) is 19.8. The van der Waals surface area contributed by atoms with Crippen LogP contribution in [0.2, 0.25) is 0 Å². The molecule has 7 heteroatoms. The van der Waals surface area contributed by atoms with Gasteiger partial charge in [-0.3, -0.25) is 9.79 Å². The Balaban J connectivity index is 0.00000300. The molecule has 162 valence electrons. The predicted octanol–water partition coefficient (Wildman–Crippen LogP) is 3.80. The van der Waals surface area contributed by atoms with E-state index in [0.717, 1.165) is 56.4 Å². The van der Waals surface area contributed by atoms with Crippen LogP contribution in [-0.4, -0.2) is 55.2 Å². The molecule has 5 nitrogen and oxygen atoms in total. The topological polar surface area (TPSA) is 56.7 Å². The Morgan fingerprint density at radius 2 is 1.93 bits per heavy atom. The number of nitrogens with zero attached hydrogens (tertiary/aromatic N) is 2. The number of carbonyl (C=O) groups excluding carboxylic acids is 1. The summed E-state index contributed by atoms with van der Waals surface area (Å²) in [4.78, 5) is 19.0. The van der Waals surface area contributed by atoms with Crippen LogP contribution in [0.4, 0.5) is 0 Å². The molecule has 1 heterocycles. The molecule has 1 aliphatic heterocycles. The maximum absolute atomic E-state index is 12.6. The third-order valence-corrected chi connectivity index (χ3v) is 6.73. The summed E-state index contributed by atoms with van der Waals surface area (Å²) >= 11 is 1.93. The fraction of sp³-hybridized carbons (Fsp3) is 0.636. The molecule has 1 amide bonds. The van der Waals surface area contributed by atoms with Crippen molar-refractivity contribution in [2.24, 2.45) is 10.9 Å². The average Bonchev–Trinajstić information content (AvgIpc) is 3.40. The Hall–Kier alpha value is -0.960. The highest BCUT2D eigenvalue weighted by molar-refractivity contribution is 14.0. The summed E-state index contributed by atoms with van der Waals surface area (Å²) in [7, 11) is 1.81. The molecule has 1 saturated heterocycles. The summed E-state index contributed by atoms with van der Waals surface area (Å²) in [6.07, 6.45) is 5.59. The van der Waals surface area contributed by atoms with Gasteiger partial charge in [0.1, 0.15) is 0 Å². The molecule has 2 aliphatic rings. The van der Waals surface area contributed by atoms with E-state index in [1.807, 2.05) is 18.8 Å². The molecule has 0 spiro atoms. The predicted molar refractivity (Wildman–Crippen MR) is 134 cm³/mol. The van der Waals surface area contributed by atoms with E-state index in [1.54, 1.807) is 0 Å². The molecule has 2 fully saturated rings. The molecule has 1 atom stereocenters. The number of thioether (sulfide) groups is 1. The number of nitrogens with one attached hydrogen (secondary N) is 2. The molecule has 1 aromatic carbocycles. The molecular formula is C22H35IN4OS. The number of hydrogen-bond acceptors (Lipinski definition) is 3. The normalized spacial score (nSPS) is 19.9. The highest BCUT2D eigenvalue weighted by Gasteiger charge is 2.32. The van der Waals surface area contributed by atoms with Crippen LogP contribution in [0.3, 0.4) is 0 Å². The highest BCUT2D eigenvalue weighted by atomic mass is 127. The first-order chi connectivity index (χ1) is 13.7. The smallest absolute Gasteiger partial charge is 0.225 e. The monoisotopic (exact) mass is 530 g/mol. The molecule has 1 aromatic rings. The molecule has 1 aliphatic carbocycles. The number of halogens is 1. The van der Waals surface area contributed by atoms with E-state index >= 15 is 0 Å². The lowest BCUT2D eigenvalue weighted by atomic mass is 10.1. The minimum atomic E-state index is 0. The molecule has 2 N–H and O–H groups in total. The van der Waals surface area contributed by atoms with Crippen molar-refractivity contribution >= 4 is 47.6 Å². The van der Waals surface area contributed by atoms with Gasteiger partial charge < -0.3 is 15.5 Å². The standard InChI is InChI=1S/C22H34N4OS.HI/c1-17-7-9-18(10-8-17)16-28-14-12-24-22(23-2)25-20-11-13-26(15-20)21(27)19-5-3-4-6-19;/h7-10,19-20H,3-6,11-16H2,1-2H3,(H2,23,24,25);1H. The molecule has 29 heavy (non-hydrogen) atoms. The zero-order valence-electron chi connectivity index (χ0n) is 17.7. The number of aliphatic imine (C=N–C) groups is 1. The van der Waals surface area contributed by atoms with E-state index in [9.17, 15) is 4.79 Å². The number of amides is 1. The fourth-order valence-corrected chi connectivity index (χ4v) is 4.83. The van der Waals surface area contributed by atoms with Gasteiger partial charge in [-0.2, -0.15) is 11.8 Å².